The number of hydrogen-bond acceptors (Lipinski definition) is 5. The maximum Gasteiger partial charge on any atom is 0.252 e. The zero-order valence-corrected chi connectivity index (χ0v) is 10.7. The van der Waals surface area contributed by atoms with E-state index < -0.39 is 0 Å². The van der Waals surface area contributed by atoms with E-state index in [2.05, 4.69) is 15.5 Å². The van der Waals surface area contributed by atoms with Crippen molar-refractivity contribution in [1.29, 1.82) is 0 Å². The van der Waals surface area contributed by atoms with Gasteiger partial charge in [-0.3, -0.25) is 0 Å². The van der Waals surface area contributed by atoms with Crippen molar-refractivity contribution in [2.24, 2.45) is 0 Å². The molecule has 2 heterocycles. The molecule has 1 aromatic heterocycles. The molecule has 1 aromatic rings. The van der Waals surface area contributed by atoms with Crippen LogP contribution < -0.4 is 5.32 Å². The van der Waals surface area contributed by atoms with Crippen LogP contribution in [0.15, 0.2) is 4.52 Å². The molecule has 0 amide bonds. The lowest BCUT2D eigenvalue weighted by molar-refractivity contribution is 0.00859. The van der Waals surface area contributed by atoms with Crippen LogP contribution in [-0.2, 0) is 11.3 Å². The standard InChI is InChI=1S/C13H21N3O2/c1-2-4-10(3-1)13-15-12(18-16-13)9-17-11-5-7-14-8-6-11/h10-11,14H,1-9H2. The van der Waals surface area contributed by atoms with E-state index in [0.29, 0.717) is 24.5 Å². The van der Waals surface area contributed by atoms with Crippen LogP contribution in [0.3, 0.4) is 0 Å². The number of nitrogens with zero attached hydrogens (tertiary/aromatic N) is 2. The highest BCUT2D eigenvalue weighted by molar-refractivity contribution is 4.97. The van der Waals surface area contributed by atoms with E-state index in [1.165, 1.54) is 25.7 Å². The quantitative estimate of drug-likeness (QED) is 0.886. The molecule has 0 atom stereocenters. The summed E-state index contributed by atoms with van der Waals surface area (Å²) >= 11 is 0. The highest BCUT2D eigenvalue weighted by Gasteiger charge is 2.22. The molecule has 0 bridgehead atoms. The number of aromatic nitrogens is 2. The second-order valence-electron chi connectivity index (χ2n) is 5.29. The summed E-state index contributed by atoms with van der Waals surface area (Å²) in [7, 11) is 0. The van der Waals surface area contributed by atoms with E-state index in [-0.39, 0.29) is 0 Å². The molecule has 18 heavy (non-hydrogen) atoms. The average Bonchev–Trinajstić information content (AvgIpc) is 3.08. The van der Waals surface area contributed by atoms with Crippen LogP contribution in [-0.4, -0.2) is 29.3 Å². The Balaban J connectivity index is 1.50. The minimum atomic E-state index is 0.341. The first kappa shape index (κ1) is 12.1. The summed E-state index contributed by atoms with van der Waals surface area (Å²) in [6.45, 7) is 2.55. The van der Waals surface area contributed by atoms with Gasteiger partial charge >= 0.3 is 0 Å². The minimum Gasteiger partial charge on any atom is -0.368 e. The molecule has 2 aliphatic rings. The van der Waals surface area contributed by atoms with Gasteiger partial charge in [-0.1, -0.05) is 18.0 Å². The maximum atomic E-state index is 5.81. The van der Waals surface area contributed by atoms with Crippen molar-refractivity contribution in [3.63, 3.8) is 0 Å². The van der Waals surface area contributed by atoms with Crippen LogP contribution in [0.1, 0.15) is 56.2 Å². The third-order valence-corrected chi connectivity index (χ3v) is 3.93. The zero-order chi connectivity index (χ0) is 12.2. The fraction of sp³-hybridized carbons (Fsp3) is 0.846. The predicted octanol–water partition coefficient (Wildman–Crippen LogP) is 2.00. The normalized spacial score (nSPS) is 22.7. The fourth-order valence-corrected chi connectivity index (χ4v) is 2.83. The molecule has 1 aliphatic heterocycles. The Hall–Kier alpha value is -0.940. The van der Waals surface area contributed by atoms with Gasteiger partial charge in [-0.2, -0.15) is 4.98 Å². The van der Waals surface area contributed by atoms with Crippen LogP contribution in [0.4, 0.5) is 0 Å². The van der Waals surface area contributed by atoms with Gasteiger partial charge in [0.25, 0.3) is 5.89 Å². The second kappa shape index (κ2) is 5.80. The van der Waals surface area contributed by atoms with Crippen molar-refractivity contribution in [2.45, 2.75) is 57.2 Å². The van der Waals surface area contributed by atoms with E-state index in [1.807, 2.05) is 0 Å². The topological polar surface area (TPSA) is 60.2 Å². The van der Waals surface area contributed by atoms with Crippen LogP contribution in [0, 0.1) is 0 Å². The lowest BCUT2D eigenvalue weighted by atomic mass is 10.1. The number of nitrogens with one attached hydrogen (secondary N) is 1. The Morgan fingerprint density at radius 1 is 1.17 bits per heavy atom. The summed E-state index contributed by atoms with van der Waals surface area (Å²) in [5.41, 5.74) is 0. The Morgan fingerprint density at radius 2 is 1.94 bits per heavy atom. The number of rotatable bonds is 4. The third-order valence-electron chi connectivity index (χ3n) is 3.93. The number of piperidine rings is 1. The SMILES string of the molecule is C1CCC(c2noc(COC3CCNCC3)n2)C1. The van der Waals surface area contributed by atoms with Crippen LogP contribution >= 0.6 is 0 Å². The third kappa shape index (κ3) is 2.90. The van der Waals surface area contributed by atoms with Crippen molar-refractivity contribution in [3.8, 4) is 0 Å². The number of hydrogen-bond donors (Lipinski definition) is 1. The Bertz CT molecular complexity index is 368. The van der Waals surface area contributed by atoms with Crippen molar-refractivity contribution >= 4 is 0 Å². The molecule has 2 fully saturated rings. The first-order valence-electron chi connectivity index (χ1n) is 7.06. The lowest BCUT2D eigenvalue weighted by Crippen LogP contribution is -2.32. The predicted molar refractivity (Wildman–Crippen MR) is 66.2 cm³/mol. The summed E-state index contributed by atoms with van der Waals surface area (Å²) in [5.74, 6) is 2.04. The largest absolute Gasteiger partial charge is 0.368 e. The molecule has 0 spiro atoms. The van der Waals surface area contributed by atoms with Crippen molar-refractivity contribution in [3.05, 3.63) is 11.7 Å². The molecule has 1 aliphatic carbocycles. The molecule has 0 aromatic carbocycles. The molecular formula is C13H21N3O2. The van der Waals surface area contributed by atoms with Crippen LogP contribution in [0.25, 0.3) is 0 Å². The van der Waals surface area contributed by atoms with Crippen LogP contribution in [0.5, 0.6) is 0 Å². The molecule has 5 nitrogen and oxygen atoms in total. The molecule has 100 valence electrons. The fourth-order valence-electron chi connectivity index (χ4n) is 2.83. The Kier molecular flexibility index (Phi) is 3.90. The highest BCUT2D eigenvalue weighted by atomic mass is 16.5. The average molecular weight is 251 g/mol. The first-order chi connectivity index (χ1) is 8.92. The maximum absolute atomic E-state index is 5.81. The molecule has 0 unspecified atom stereocenters. The molecule has 1 saturated carbocycles. The van der Waals surface area contributed by atoms with E-state index in [0.717, 1.165) is 31.8 Å². The minimum absolute atomic E-state index is 0.341. The molecule has 1 N–H and O–H groups in total. The first-order valence-corrected chi connectivity index (χ1v) is 7.06. The summed E-state index contributed by atoms with van der Waals surface area (Å²) in [6.07, 6.45) is 7.48. The van der Waals surface area contributed by atoms with Gasteiger partial charge in [0.1, 0.15) is 6.61 Å². The van der Waals surface area contributed by atoms with Gasteiger partial charge in [0.2, 0.25) is 0 Å². The van der Waals surface area contributed by atoms with Gasteiger partial charge in [-0.15, -0.1) is 0 Å². The monoisotopic (exact) mass is 251 g/mol. The van der Waals surface area contributed by atoms with Crippen molar-refractivity contribution < 1.29 is 9.26 Å². The van der Waals surface area contributed by atoms with Crippen LogP contribution in [0.2, 0.25) is 0 Å². The van der Waals surface area contributed by atoms with Gasteiger partial charge in [0.15, 0.2) is 5.82 Å². The van der Waals surface area contributed by atoms with Gasteiger partial charge in [0, 0.05) is 5.92 Å². The van der Waals surface area contributed by atoms with Crippen molar-refractivity contribution in [1.82, 2.24) is 15.5 Å². The Labute approximate surface area is 107 Å². The summed E-state index contributed by atoms with van der Waals surface area (Å²) in [4.78, 5) is 4.46. The molecule has 0 radical (unpaired) electrons. The zero-order valence-electron chi connectivity index (χ0n) is 10.7. The van der Waals surface area contributed by atoms with Gasteiger partial charge < -0.3 is 14.6 Å². The molecule has 1 saturated heterocycles. The van der Waals surface area contributed by atoms with Gasteiger partial charge in [-0.05, 0) is 38.8 Å². The van der Waals surface area contributed by atoms with E-state index in [1.54, 1.807) is 0 Å². The highest BCUT2D eigenvalue weighted by Crippen LogP contribution is 2.32. The molecular weight excluding hydrogens is 230 g/mol. The summed E-state index contributed by atoms with van der Waals surface area (Å²) < 4.78 is 11.1. The van der Waals surface area contributed by atoms with Gasteiger partial charge in [-0.25, -0.2) is 0 Å². The summed E-state index contributed by atoms with van der Waals surface area (Å²) in [6, 6.07) is 0. The molecule has 3 rings (SSSR count). The van der Waals surface area contributed by atoms with Crippen molar-refractivity contribution in [2.75, 3.05) is 13.1 Å². The van der Waals surface area contributed by atoms with E-state index >= 15 is 0 Å². The second-order valence-corrected chi connectivity index (χ2v) is 5.29. The lowest BCUT2D eigenvalue weighted by Gasteiger charge is -2.21. The van der Waals surface area contributed by atoms with Gasteiger partial charge in [0.05, 0.1) is 6.10 Å². The van der Waals surface area contributed by atoms with E-state index in [4.69, 9.17) is 9.26 Å². The summed E-state index contributed by atoms with van der Waals surface area (Å²) in [5, 5.41) is 7.41. The molecule has 5 heteroatoms. The smallest absolute Gasteiger partial charge is 0.252 e. The Morgan fingerprint density at radius 3 is 2.72 bits per heavy atom. The number of ether oxygens (including phenoxy) is 1. The van der Waals surface area contributed by atoms with E-state index in [9.17, 15) is 0 Å².